The van der Waals surface area contributed by atoms with Crippen molar-refractivity contribution in [3.8, 4) is 0 Å². The van der Waals surface area contributed by atoms with Crippen LogP contribution in [0.3, 0.4) is 0 Å². The van der Waals surface area contributed by atoms with Crippen molar-refractivity contribution in [1.29, 1.82) is 0 Å². The van der Waals surface area contributed by atoms with Gasteiger partial charge >= 0.3 is 0 Å². The van der Waals surface area contributed by atoms with Crippen molar-refractivity contribution < 1.29 is 0 Å². The van der Waals surface area contributed by atoms with Gasteiger partial charge in [0, 0.05) is 29.7 Å². The van der Waals surface area contributed by atoms with Crippen molar-refractivity contribution in [3.05, 3.63) is 16.6 Å². The van der Waals surface area contributed by atoms with Gasteiger partial charge in [-0.15, -0.1) is 11.3 Å². The molecule has 16 heavy (non-hydrogen) atoms. The minimum absolute atomic E-state index is 0.428. The Balaban J connectivity index is 1.74. The molecule has 2 heterocycles. The largest absolute Gasteiger partial charge is 0.308 e. The smallest absolute Gasteiger partial charge is 0.0794 e. The molecule has 0 spiro atoms. The molecular weight excluding hydrogens is 218 g/mol. The summed E-state index contributed by atoms with van der Waals surface area (Å²) in [6.45, 7) is 8.15. The fourth-order valence-corrected chi connectivity index (χ4v) is 2.85. The molecule has 0 amide bonds. The molecule has 1 N–H and O–H groups in total. The molecule has 1 saturated heterocycles. The second kappa shape index (κ2) is 5.75. The van der Waals surface area contributed by atoms with Crippen molar-refractivity contribution in [2.45, 2.75) is 38.8 Å². The summed E-state index contributed by atoms with van der Waals surface area (Å²) in [7, 11) is 0. The molecule has 90 valence electrons. The Morgan fingerprint density at radius 1 is 1.44 bits per heavy atom. The summed E-state index contributed by atoms with van der Waals surface area (Å²) in [5, 5.41) is 3.59. The Morgan fingerprint density at radius 3 is 2.81 bits per heavy atom. The molecule has 4 heteroatoms. The van der Waals surface area contributed by atoms with Gasteiger partial charge in [-0.3, -0.25) is 9.88 Å². The van der Waals surface area contributed by atoms with Gasteiger partial charge in [0.2, 0.25) is 0 Å². The normalized spacial score (nSPS) is 21.1. The van der Waals surface area contributed by atoms with Crippen LogP contribution in [0.25, 0.3) is 0 Å². The Labute approximate surface area is 102 Å². The zero-order valence-corrected chi connectivity index (χ0v) is 11.0. The summed E-state index contributed by atoms with van der Waals surface area (Å²) in [5.74, 6) is 0. The monoisotopic (exact) mass is 239 g/mol. The average molecular weight is 239 g/mol. The number of hydrogen-bond donors (Lipinski definition) is 1. The van der Waals surface area contributed by atoms with Gasteiger partial charge in [0.15, 0.2) is 0 Å². The van der Waals surface area contributed by atoms with Gasteiger partial charge in [0.05, 0.1) is 5.51 Å². The van der Waals surface area contributed by atoms with Crippen LogP contribution in [0.15, 0.2) is 11.7 Å². The molecule has 1 aromatic rings. The molecule has 0 aliphatic carbocycles. The fraction of sp³-hybridized carbons (Fsp3) is 0.750. The Hall–Kier alpha value is -0.450. The number of likely N-dealkylation sites (tertiary alicyclic amines) is 1. The van der Waals surface area contributed by atoms with Gasteiger partial charge in [0.25, 0.3) is 0 Å². The maximum atomic E-state index is 4.12. The first-order chi connectivity index (χ1) is 7.77. The van der Waals surface area contributed by atoms with Gasteiger partial charge in [0.1, 0.15) is 0 Å². The zero-order chi connectivity index (χ0) is 11.4. The van der Waals surface area contributed by atoms with Gasteiger partial charge in [-0.2, -0.15) is 0 Å². The topological polar surface area (TPSA) is 28.2 Å². The molecule has 3 nitrogen and oxygen atoms in total. The van der Waals surface area contributed by atoms with Crippen molar-refractivity contribution in [3.63, 3.8) is 0 Å². The first-order valence-corrected chi connectivity index (χ1v) is 7.01. The predicted molar refractivity (Wildman–Crippen MR) is 68.8 cm³/mol. The molecule has 0 aromatic carbocycles. The molecule has 0 saturated carbocycles. The number of hydrogen-bond acceptors (Lipinski definition) is 4. The highest BCUT2D eigenvalue weighted by atomic mass is 32.1. The van der Waals surface area contributed by atoms with Crippen LogP contribution in [0.5, 0.6) is 0 Å². The number of rotatable bonds is 5. The van der Waals surface area contributed by atoms with Crippen LogP contribution in [-0.2, 0) is 0 Å². The minimum atomic E-state index is 0.428. The second-order valence-corrected chi connectivity index (χ2v) is 5.54. The highest BCUT2D eigenvalue weighted by molar-refractivity contribution is 7.09. The molecule has 1 aromatic heterocycles. The van der Waals surface area contributed by atoms with Crippen molar-refractivity contribution in [2.75, 3.05) is 19.6 Å². The standard InChI is InChI=1S/C12H21N3S/c1-10(15-5-3-4-6-15)7-14-11(2)12-8-13-9-16-12/h8-11,14H,3-7H2,1-2H3. The molecule has 2 unspecified atom stereocenters. The SMILES string of the molecule is CC(NCC(C)N1CCCC1)c1cncs1. The molecule has 2 atom stereocenters. The number of nitrogens with one attached hydrogen (secondary N) is 1. The summed E-state index contributed by atoms with van der Waals surface area (Å²) in [6.07, 6.45) is 4.70. The van der Waals surface area contributed by atoms with Crippen LogP contribution in [0.4, 0.5) is 0 Å². The summed E-state index contributed by atoms with van der Waals surface area (Å²) in [5.41, 5.74) is 1.90. The van der Waals surface area contributed by atoms with Gasteiger partial charge in [-0.25, -0.2) is 0 Å². The zero-order valence-electron chi connectivity index (χ0n) is 10.1. The summed E-state index contributed by atoms with van der Waals surface area (Å²) >= 11 is 1.73. The molecule has 1 aliphatic heterocycles. The van der Waals surface area contributed by atoms with Crippen molar-refractivity contribution >= 4 is 11.3 Å². The third-order valence-electron chi connectivity index (χ3n) is 3.36. The summed E-state index contributed by atoms with van der Waals surface area (Å²) < 4.78 is 0. The molecule has 2 rings (SSSR count). The number of thiazole rings is 1. The van der Waals surface area contributed by atoms with Crippen LogP contribution in [-0.4, -0.2) is 35.6 Å². The van der Waals surface area contributed by atoms with Crippen LogP contribution < -0.4 is 5.32 Å². The van der Waals surface area contributed by atoms with E-state index >= 15 is 0 Å². The van der Waals surface area contributed by atoms with Crippen LogP contribution in [0.1, 0.15) is 37.6 Å². The van der Waals surface area contributed by atoms with Crippen LogP contribution in [0.2, 0.25) is 0 Å². The Bertz CT molecular complexity index is 293. The summed E-state index contributed by atoms with van der Waals surface area (Å²) in [6, 6.07) is 1.08. The lowest BCUT2D eigenvalue weighted by Gasteiger charge is -2.25. The van der Waals surface area contributed by atoms with Crippen LogP contribution >= 0.6 is 11.3 Å². The van der Waals surface area contributed by atoms with E-state index < -0.39 is 0 Å². The Kier molecular flexibility index (Phi) is 4.32. The van der Waals surface area contributed by atoms with E-state index in [4.69, 9.17) is 0 Å². The lowest BCUT2D eigenvalue weighted by molar-refractivity contribution is 0.247. The van der Waals surface area contributed by atoms with Crippen molar-refractivity contribution in [2.24, 2.45) is 0 Å². The number of nitrogens with zero attached hydrogens (tertiary/aromatic N) is 2. The average Bonchev–Trinajstić information content (AvgIpc) is 2.95. The molecule has 1 aliphatic rings. The minimum Gasteiger partial charge on any atom is -0.308 e. The highest BCUT2D eigenvalue weighted by Crippen LogP contribution is 2.17. The first kappa shape index (κ1) is 12.0. The fourth-order valence-electron chi connectivity index (χ4n) is 2.20. The highest BCUT2D eigenvalue weighted by Gasteiger charge is 2.18. The van der Waals surface area contributed by atoms with Crippen molar-refractivity contribution in [1.82, 2.24) is 15.2 Å². The van der Waals surface area contributed by atoms with E-state index in [-0.39, 0.29) is 0 Å². The molecular formula is C12H21N3S. The molecule has 0 bridgehead atoms. The van der Waals surface area contributed by atoms with E-state index in [9.17, 15) is 0 Å². The van der Waals surface area contributed by atoms with E-state index in [1.165, 1.54) is 30.8 Å². The quantitative estimate of drug-likeness (QED) is 0.854. The Morgan fingerprint density at radius 2 is 2.19 bits per heavy atom. The number of aromatic nitrogens is 1. The predicted octanol–water partition coefficient (Wildman–Crippen LogP) is 2.28. The van der Waals surface area contributed by atoms with Gasteiger partial charge < -0.3 is 5.32 Å². The molecule has 1 fully saturated rings. The van der Waals surface area contributed by atoms with Gasteiger partial charge in [-0.1, -0.05) is 0 Å². The lowest BCUT2D eigenvalue weighted by Crippen LogP contribution is -2.39. The van der Waals surface area contributed by atoms with Gasteiger partial charge in [-0.05, 0) is 39.8 Å². The third-order valence-corrected chi connectivity index (χ3v) is 4.32. The second-order valence-electron chi connectivity index (χ2n) is 4.63. The van der Waals surface area contributed by atoms with E-state index in [0.717, 1.165) is 6.54 Å². The summed E-state index contributed by atoms with van der Waals surface area (Å²) in [4.78, 5) is 8.02. The first-order valence-electron chi connectivity index (χ1n) is 6.13. The van der Waals surface area contributed by atoms with Crippen LogP contribution in [0, 0.1) is 0 Å². The maximum absolute atomic E-state index is 4.12. The van der Waals surface area contributed by atoms with E-state index in [0.29, 0.717) is 12.1 Å². The van der Waals surface area contributed by atoms with E-state index in [1.54, 1.807) is 11.3 Å². The lowest BCUT2D eigenvalue weighted by atomic mass is 10.2. The third kappa shape index (κ3) is 3.03. The maximum Gasteiger partial charge on any atom is 0.0794 e. The van der Waals surface area contributed by atoms with E-state index in [1.807, 2.05) is 11.7 Å². The van der Waals surface area contributed by atoms with E-state index in [2.05, 4.69) is 29.0 Å². The molecule has 0 radical (unpaired) electrons.